The number of benzene rings is 1. The third-order valence-corrected chi connectivity index (χ3v) is 3.45. The van der Waals surface area contributed by atoms with Crippen LogP contribution >= 0.6 is 0 Å². The Morgan fingerprint density at radius 2 is 2.19 bits per heavy atom. The standard InChI is InChI=1S/C16H19N3O2/c1-3-20-10-16-18-13(9-15(17-2)19-16)11-4-5-14-12(8-11)6-7-21-14/h4-5,8-9H,3,6-7,10H2,1-2H3,(H,17,18,19). The number of aromatic nitrogens is 2. The van der Waals surface area contributed by atoms with Crippen molar-refractivity contribution >= 4 is 5.82 Å². The molecule has 0 radical (unpaired) electrons. The molecule has 0 aliphatic carbocycles. The largest absolute Gasteiger partial charge is 0.493 e. The molecule has 21 heavy (non-hydrogen) atoms. The fourth-order valence-corrected chi connectivity index (χ4v) is 2.38. The third-order valence-electron chi connectivity index (χ3n) is 3.45. The molecule has 1 aromatic heterocycles. The topological polar surface area (TPSA) is 56.3 Å². The first-order valence-electron chi connectivity index (χ1n) is 7.19. The summed E-state index contributed by atoms with van der Waals surface area (Å²) in [5.41, 5.74) is 3.22. The van der Waals surface area contributed by atoms with Crippen LogP contribution in [0.25, 0.3) is 11.3 Å². The number of nitrogens with zero attached hydrogens (tertiary/aromatic N) is 2. The van der Waals surface area contributed by atoms with Crippen molar-refractivity contribution < 1.29 is 9.47 Å². The number of ether oxygens (including phenoxy) is 2. The Labute approximate surface area is 124 Å². The first-order valence-corrected chi connectivity index (χ1v) is 7.19. The Balaban J connectivity index is 1.96. The highest BCUT2D eigenvalue weighted by atomic mass is 16.5. The molecular weight excluding hydrogens is 266 g/mol. The van der Waals surface area contributed by atoms with Crippen molar-refractivity contribution in [2.24, 2.45) is 0 Å². The lowest BCUT2D eigenvalue weighted by Gasteiger charge is -2.09. The van der Waals surface area contributed by atoms with Crippen LogP contribution in [0.2, 0.25) is 0 Å². The first kappa shape index (κ1) is 13.8. The molecule has 2 aromatic rings. The minimum atomic E-state index is 0.424. The van der Waals surface area contributed by atoms with Crippen LogP contribution in [-0.2, 0) is 17.8 Å². The second-order valence-electron chi connectivity index (χ2n) is 4.86. The molecule has 0 saturated heterocycles. The molecular formula is C16H19N3O2. The fraction of sp³-hybridized carbons (Fsp3) is 0.375. The van der Waals surface area contributed by atoms with E-state index in [2.05, 4.69) is 21.4 Å². The Bertz CT molecular complexity index is 643. The molecule has 1 aromatic carbocycles. The summed E-state index contributed by atoms with van der Waals surface area (Å²) in [5.74, 6) is 2.47. The van der Waals surface area contributed by atoms with Crippen molar-refractivity contribution in [3.05, 3.63) is 35.7 Å². The molecule has 1 aliphatic heterocycles. The van der Waals surface area contributed by atoms with Gasteiger partial charge < -0.3 is 14.8 Å². The van der Waals surface area contributed by atoms with Gasteiger partial charge in [-0.15, -0.1) is 0 Å². The molecule has 3 rings (SSSR count). The van der Waals surface area contributed by atoms with Crippen molar-refractivity contribution in [3.8, 4) is 17.0 Å². The van der Waals surface area contributed by atoms with Crippen LogP contribution in [-0.4, -0.2) is 30.2 Å². The van der Waals surface area contributed by atoms with E-state index in [1.807, 2.05) is 32.2 Å². The number of rotatable bonds is 5. The molecule has 2 heterocycles. The molecule has 5 heteroatoms. The van der Waals surface area contributed by atoms with Gasteiger partial charge in [0, 0.05) is 31.7 Å². The van der Waals surface area contributed by atoms with Gasteiger partial charge in [-0.3, -0.25) is 0 Å². The maximum Gasteiger partial charge on any atom is 0.157 e. The van der Waals surface area contributed by atoms with Crippen LogP contribution in [0.4, 0.5) is 5.82 Å². The molecule has 0 amide bonds. The number of fused-ring (bicyclic) bond motifs is 1. The highest BCUT2D eigenvalue weighted by molar-refractivity contribution is 5.65. The van der Waals surface area contributed by atoms with E-state index in [1.165, 1.54) is 5.56 Å². The van der Waals surface area contributed by atoms with Crippen molar-refractivity contribution in [3.63, 3.8) is 0 Å². The molecule has 5 nitrogen and oxygen atoms in total. The SMILES string of the molecule is CCOCc1nc(NC)cc(-c2ccc3c(c2)CCO3)n1. The quantitative estimate of drug-likeness (QED) is 0.915. The Morgan fingerprint density at radius 3 is 3.00 bits per heavy atom. The van der Waals surface area contributed by atoms with E-state index < -0.39 is 0 Å². The van der Waals surface area contributed by atoms with E-state index in [9.17, 15) is 0 Å². The van der Waals surface area contributed by atoms with Gasteiger partial charge in [-0.25, -0.2) is 9.97 Å². The number of hydrogen-bond acceptors (Lipinski definition) is 5. The lowest BCUT2D eigenvalue weighted by atomic mass is 10.1. The minimum Gasteiger partial charge on any atom is -0.493 e. The average Bonchev–Trinajstić information content (AvgIpc) is 3.00. The zero-order valence-corrected chi connectivity index (χ0v) is 12.3. The molecule has 0 bridgehead atoms. The monoisotopic (exact) mass is 285 g/mol. The van der Waals surface area contributed by atoms with Crippen LogP contribution in [0.15, 0.2) is 24.3 Å². The van der Waals surface area contributed by atoms with Gasteiger partial charge >= 0.3 is 0 Å². The predicted molar refractivity (Wildman–Crippen MR) is 81.5 cm³/mol. The maximum atomic E-state index is 5.55. The smallest absolute Gasteiger partial charge is 0.157 e. The molecule has 0 spiro atoms. The highest BCUT2D eigenvalue weighted by Gasteiger charge is 2.14. The summed E-state index contributed by atoms with van der Waals surface area (Å²) in [5, 5.41) is 3.07. The molecule has 1 N–H and O–H groups in total. The summed E-state index contributed by atoms with van der Waals surface area (Å²) >= 11 is 0. The van der Waals surface area contributed by atoms with Gasteiger partial charge in [-0.05, 0) is 30.7 Å². The van der Waals surface area contributed by atoms with E-state index in [4.69, 9.17) is 9.47 Å². The number of hydrogen-bond donors (Lipinski definition) is 1. The van der Waals surface area contributed by atoms with Gasteiger partial charge in [-0.1, -0.05) is 0 Å². The summed E-state index contributed by atoms with van der Waals surface area (Å²) in [6.07, 6.45) is 0.957. The second kappa shape index (κ2) is 6.10. The van der Waals surface area contributed by atoms with E-state index >= 15 is 0 Å². The lowest BCUT2D eigenvalue weighted by molar-refractivity contribution is 0.128. The normalized spacial score (nSPS) is 12.9. The van der Waals surface area contributed by atoms with Crippen LogP contribution in [0.3, 0.4) is 0 Å². The summed E-state index contributed by atoms with van der Waals surface area (Å²) in [4.78, 5) is 9.01. The van der Waals surface area contributed by atoms with Gasteiger partial charge in [0.25, 0.3) is 0 Å². The first-order chi connectivity index (χ1) is 10.3. The van der Waals surface area contributed by atoms with Crippen molar-refractivity contribution in [1.29, 1.82) is 0 Å². The Hall–Kier alpha value is -2.14. The van der Waals surface area contributed by atoms with Crippen molar-refractivity contribution in [1.82, 2.24) is 9.97 Å². The van der Waals surface area contributed by atoms with E-state index in [1.54, 1.807) is 0 Å². The Kier molecular flexibility index (Phi) is 4.01. The molecule has 110 valence electrons. The molecule has 1 aliphatic rings. The molecule has 0 fully saturated rings. The average molecular weight is 285 g/mol. The number of anilines is 1. The van der Waals surface area contributed by atoms with E-state index in [0.717, 1.165) is 35.9 Å². The number of nitrogens with one attached hydrogen (secondary N) is 1. The summed E-state index contributed by atoms with van der Waals surface area (Å²) in [7, 11) is 1.85. The summed E-state index contributed by atoms with van der Waals surface area (Å²) in [6, 6.07) is 8.15. The van der Waals surface area contributed by atoms with Crippen molar-refractivity contribution in [2.75, 3.05) is 25.6 Å². The van der Waals surface area contributed by atoms with Crippen LogP contribution in [0.5, 0.6) is 5.75 Å². The molecule has 0 unspecified atom stereocenters. The van der Waals surface area contributed by atoms with Crippen LogP contribution < -0.4 is 10.1 Å². The van der Waals surface area contributed by atoms with Crippen molar-refractivity contribution in [2.45, 2.75) is 20.0 Å². The second-order valence-corrected chi connectivity index (χ2v) is 4.86. The zero-order chi connectivity index (χ0) is 14.7. The maximum absolute atomic E-state index is 5.55. The third kappa shape index (κ3) is 2.97. The van der Waals surface area contributed by atoms with Gasteiger partial charge in [0.15, 0.2) is 5.82 Å². The highest BCUT2D eigenvalue weighted by Crippen LogP contribution is 2.30. The Morgan fingerprint density at radius 1 is 1.29 bits per heavy atom. The van der Waals surface area contributed by atoms with E-state index in [0.29, 0.717) is 19.0 Å². The van der Waals surface area contributed by atoms with Crippen LogP contribution in [0.1, 0.15) is 18.3 Å². The lowest BCUT2D eigenvalue weighted by Crippen LogP contribution is -2.04. The van der Waals surface area contributed by atoms with Gasteiger partial charge in [0.05, 0.1) is 12.3 Å². The fourth-order valence-electron chi connectivity index (χ4n) is 2.38. The van der Waals surface area contributed by atoms with Gasteiger partial charge in [0.2, 0.25) is 0 Å². The van der Waals surface area contributed by atoms with Gasteiger partial charge in [0.1, 0.15) is 18.2 Å². The molecule has 0 saturated carbocycles. The summed E-state index contributed by atoms with van der Waals surface area (Å²) in [6.45, 7) is 3.80. The molecule has 0 atom stereocenters. The van der Waals surface area contributed by atoms with Gasteiger partial charge in [-0.2, -0.15) is 0 Å². The minimum absolute atomic E-state index is 0.424. The zero-order valence-electron chi connectivity index (χ0n) is 12.3. The van der Waals surface area contributed by atoms with E-state index in [-0.39, 0.29) is 0 Å². The predicted octanol–water partition coefficient (Wildman–Crippen LogP) is 2.66. The summed E-state index contributed by atoms with van der Waals surface area (Å²) < 4.78 is 11.0. The van der Waals surface area contributed by atoms with Crippen LogP contribution in [0, 0.1) is 0 Å².